The van der Waals surface area contributed by atoms with E-state index >= 15 is 0 Å². The fraction of sp³-hybridized carbons (Fsp3) is 0.200. The minimum atomic E-state index is -4.15. The molecule has 1 fully saturated rings. The van der Waals surface area contributed by atoms with Gasteiger partial charge in [-0.25, -0.2) is 0 Å². The molecule has 1 N–H and O–H groups in total. The summed E-state index contributed by atoms with van der Waals surface area (Å²) in [6, 6.07) is 7.13. The second-order valence-electron chi connectivity index (χ2n) is 4.79. The van der Waals surface area contributed by atoms with Gasteiger partial charge in [0.1, 0.15) is 16.7 Å². The van der Waals surface area contributed by atoms with Gasteiger partial charge < -0.3 is 4.74 Å². The van der Waals surface area contributed by atoms with E-state index in [-0.39, 0.29) is 16.8 Å². The maximum Gasteiger partial charge on any atom is 0.266 e. The van der Waals surface area contributed by atoms with Gasteiger partial charge in [0, 0.05) is 6.54 Å². The van der Waals surface area contributed by atoms with E-state index in [0.29, 0.717) is 17.3 Å². The van der Waals surface area contributed by atoms with Crippen LogP contribution in [0.4, 0.5) is 0 Å². The van der Waals surface area contributed by atoms with E-state index in [0.717, 1.165) is 17.3 Å². The Morgan fingerprint density at radius 2 is 2.00 bits per heavy atom. The zero-order valence-corrected chi connectivity index (χ0v) is 15.0. The molecule has 1 heterocycles. The standard InChI is InChI=1S/C15H15NO5S3/c1-2-8-21-12-5-3-11(4-6-12)10-13-14(17)16(15(22)23-13)7-9-24(18,19)20/h2-6,10H,1,7-9H2,(H,18,19,20). The molecule has 1 aromatic rings. The highest BCUT2D eigenvalue weighted by atomic mass is 32.2. The van der Waals surface area contributed by atoms with Crippen LogP contribution >= 0.6 is 24.0 Å². The number of hydrogen-bond donors (Lipinski definition) is 1. The van der Waals surface area contributed by atoms with Crippen LogP contribution in [0.15, 0.2) is 41.8 Å². The van der Waals surface area contributed by atoms with Gasteiger partial charge in [-0.1, -0.05) is 48.8 Å². The van der Waals surface area contributed by atoms with Crippen molar-refractivity contribution in [2.75, 3.05) is 18.9 Å². The van der Waals surface area contributed by atoms with Crippen LogP contribution in [-0.4, -0.2) is 47.0 Å². The zero-order chi connectivity index (χ0) is 17.7. The average molecular weight is 385 g/mol. The Labute approximate surface area is 149 Å². The highest BCUT2D eigenvalue weighted by Crippen LogP contribution is 2.32. The largest absolute Gasteiger partial charge is 0.490 e. The fourth-order valence-electron chi connectivity index (χ4n) is 1.87. The molecule has 6 nitrogen and oxygen atoms in total. The molecule has 2 rings (SSSR count). The molecular weight excluding hydrogens is 370 g/mol. The van der Waals surface area contributed by atoms with Crippen molar-refractivity contribution in [2.45, 2.75) is 0 Å². The first-order chi connectivity index (χ1) is 11.3. The molecule has 0 aliphatic carbocycles. The maximum atomic E-state index is 12.3. The first kappa shape index (κ1) is 18.7. The number of nitrogens with zero attached hydrogens (tertiary/aromatic N) is 1. The molecule has 0 bridgehead atoms. The summed E-state index contributed by atoms with van der Waals surface area (Å²) in [7, 11) is -4.15. The Balaban J connectivity index is 2.09. The van der Waals surface area contributed by atoms with E-state index in [1.807, 2.05) is 0 Å². The predicted octanol–water partition coefficient (Wildman–Crippen LogP) is 2.34. The van der Waals surface area contributed by atoms with Crippen LogP contribution < -0.4 is 4.74 Å². The molecule has 0 aromatic heterocycles. The normalized spacial score (nSPS) is 16.7. The molecule has 1 aromatic carbocycles. The van der Waals surface area contributed by atoms with E-state index in [4.69, 9.17) is 21.5 Å². The summed E-state index contributed by atoms with van der Waals surface area (Å²) in [6.45, 7) is 3.81. The molecular formula is C15H15NO5S3. The summed E-state index contributed by atoms with van der Waals surface area (Å²) in [5.41, 5.74) is 0.788. The molecule has 9 heteroatoms. The van der Waals surface area contributed by atoms with Crippen LogP contribution in [0.25, 0.3) is 6.08 Å². The van der Waals surface area contributed by atoms with Gasteiger partial charge in [0.25, 0.3) is 16.0 Å². The first-order valence-corrected chi connectivity index (χ1v) is 9.68. The number of rotatable bonds is 7. The van der Waals surface area contributed by atoms with E-state index in [1.165, 1.54) is 4.90 Å². The third-order valence-electron chi connectivity index (χ3n) is 2.99. The van der Waals surface area contributed by atoms with Crippen molar-refractivity contribution in [1.82, 2.24) is 4.90 Å². The molecule has 24 heavy (non-hydrogen) atoms. The minimum absolute atomic E-state index is 0.171. The number of hydrogen-bond acceptors (Lipinski definition) is 6. The highest BCUT2D eigenvalue weighted by molar-refractivity contribution is 8.26. The smallest absolute Gasteiger partial charge is 0.266 e. The lowest BCUT2D eigenvalue weighted by atomic mass is 10.2. The Morgan fingerprint density at radius 3 is 2.58 bits per heavy atom. The Morgan fingerprint density at radius 1 is 1.33 bits per heavy atom. The highest BCUT2D eigenvalue weighted by Gasteiger charge is 2.32. The lowest BCUT2D eigenvalue weighted by Gasteiger charge is -2.12. The first-order valence-electron chi connectivity index (χ1n) is 6.84. The number of ether oxygens (including phenoxy) is 1. The number of carbonyl (C=O) groups is 1. The second kappa shape index (κ2) is 7.93. The molecule has 1 saturated heterocycles. The average Bonchev–Trinajstić information content (AvgIpc) is 2.78. The van der Waals surface area contributed by atoms with Gasteiger partial charge in [-0.05, 0) is 23.8 Å². The van der Waals surface area contributed by atoms with E-state index in [1.54, 1.807) is 36.4 Å². The molecule has 0 saturated carbocycles. The summed E-state index contributed by atoms with van der Waals surface area (Å²) in [4.78, 5) is 13.8. The van der Waals surface area contributed by atoms with Crippen molar-refractivity contribution < 1.29 is 22.5 Å². The van der Waals surface area contributed by atoms with Crippen LogP contribution in [0.3, 0.4) is 0 Å². The van der Waals surface area contributed by atoms with Crippen molar-refractivity contribution >= 4 is 50.4 Å². The summed E-state index contributed by atoms with van der Waals surface area (Å²) in [5, 5.41) is 0. The van der Waals surface area contributed by atoms with Crippen LogP contribution in [0.1, 0.15) is 5.56 Å². The summed E-state index contributed by atoms with van der Waals surface area (Å²) in [5.74, 6) is -0.240. The van der Waals surface area contributed by atoms with Crippen molar-refractivity contribution in [1.29, 1.82) is 0 Å². The SMILES string of the molecule is C=CCOc1ccc(C=C2SC(=S)N(CCS(=O)(=O)O)C2=O)cc1. The number of amides is 1. The Kier molecular flexibility index (Phi) is 6.16. The number of carbonyl (C=O) groups excluding carboxylic acids is 1. The van der Waals surface area contributed by atoms with Crippen LogP contribution in [0.5, 0.6) is 5.75 Å². The van der Waals surface area contributed by atoms with Crippen LogP contribution in [0, 0.1) is 0 Å². The van der Waals surface area contributed by atoms with E-state index in [9.17, 15) is 13.2 Å². The van der Waals surface area contributed by atoms with Gasteiger partial charge in [-0.3, -0.25) is 14.2 Å². The van der Waals surface area contributed by atoms with E-state index in [2.05, 4.69) is 6.58 Å². The third kappa shape index (κ3) is 5.17. The number of thiocarbonyl (C=S) groups is 1. The fourth-order valence-corrected chi connectivity index (χ4v) is 3.59. The summed E-state index contributed by atoms with van der Waals surface area (Å²) < 4.78 is 36.1. The van der Waals surface area contributed by atoms with E-state index < -0.39 is 15.9 Å². The molecule has 1 aliphatic rings. The Bertz CT molecular complexity index is 784. The molecule has 128 valence electrons. The van der Waals surface area contributed by atoms with Crippen molar-refractivity contribution in [3.8, 4) is 5.75 Å². The van der Waals surface area contributed by atoms with Gasteiger partial charge >= 0.3 is 0 Å². The monoisotopic (exact) mass is 385 g/mol. The molecule has 1 aliphatic heterocycles. The third-order valence-corrected chi connectivity index (χ3v) is 5.07. The number of benzene rings is 1. The molecule has 1 amide bonds. The van der Waals surface area contributed by atoms with Gasteiger partial charge in [0.05, 0.1) is 10.7 Å². The predicted molar refractivity (Wildman–Crippen MR) is 98.4 cm³/mol. The summed E-state index contributed by atoms with van der Waals surface area (Å²) in [6.07, 6.45) is 3.32. The minimum Gasteiger partial charge on any atom is -0.490 e. The van der Waals surface area contributed by atoms with Crippen LogP contribution in [0.2, 0.25) is 0 Å². The van der Waals surface area contributed by atoms with Gasteiger partial charge in [-0.2, -0.15) is 8.42 Å². The number of thioether (sulfide) groups is 1. The van der Waals surface area contributed by atoms with Gasteiger partial charge in [0.15, 0.2) is 0 Å². The van der Waals surface area contributed by atoms with Gasteiger partial charge in [-0.15, -0.1) is 0 Å². The lowest BCUT2D eigenvalue weighted by molar-refractivity contribution is -0.121. The zero-order valence-electron chi connectivity index (χ0n) is 12.5. The van der Waals surface area contributed by atoms with Crippen molar-refractivity contribution in [3.05, 3.63) is 47.4 Å². The Hall–Kier alpha value is -1.68. The summed E-state index contributed by atoms with van der Waals surface area (Å²) >= 11 is 6.18. The lowest BCUT2D eigenvalue weighted by Crippen LogP contribution is -2.32. The molecule has 0 atom stereocenters. The molecule has 0 radical (unpaired) electrons. The second-order valence-corrected chi connectivity index (χ2v) is 8.04. The molecule has 0 spiro atoms. The van der Waals surface area contributed by atoms with Crippen molar-refractivity contribution in [3.63, 3.8) is 0 Å². The van der Waals surface area contributed by atoms with Gasteiger partial charge in [0.2, 0.25) is 0 Å². The topological polar surface area (TPSA) is 83.9 Å². The molecule has 0 unspecified atom stereocenters. The van der Waals surface area contributed by atoms with Crippen LogP contribution in [-0.2, 0) is 14.9 Å². The van der Waals surface area contributed by atoms with Crippen molar-refractivity contribution in [2.24, 2.45) is 0 Å². The maximum absolute atomic E-state index is 12.3. The quantitative estimate of drug-likeness (QED) is 0.334.